The maximum atomic E-state index is 11.9. The van der Waals surface area contributed by atoms with Gasteiger partial charge in [0.1, 0.15) is 0 Å². The molecule has 3 rings (SSSR count). The van der Waals surface area contributed by atoms with Crippen LogP contribution in [0.1, 0.15) is 41.6 Å². The van der Waals surface area contributed by atoms with Crippen molar-refractivity contribution in [2.24, 2.45) is 0 Å². The summed E-state index contributed by atoms with van der Waals surface area (Å²) in [6, 6.07) is 14.0. The molecule has 0 bridgehead atoms. The van der Waals surface area contributed by atoms with Crippen LogP contribution in [0.3, 0.4) is 0 Å². The summed E-state index contributed by atoms with van der Waals surface area (Å²) in [7, 11) is -1.97. The molecule has 128 valence electrons. The topological polar surface area (TPSA) is 58.2 Å². The molecule has 2 aromatic rings. The van der Waals surface area contributed by atoms with Crippen molar-refractivity contribution < 1.29 is 8.42 Å². The van der Waals surface area contributed by atoms with E-state index in [9.17, 15) is 8.42 Å². The largest absolute Gasteiger partial charge is 0.306 e. The first-order chi connectivity index (χ1) is 11.5. The molecule has 0 saturated heterocycles. The first-order valence-electron chi connectivity index (χ1n) is 8.37. The van der Waals surface area contributed by atoms with Crippen LogP contribution in [0.5, 0.6) is 0 Å². The molecule has 4 nitrogen and oxygen atoms in total. The van der Waals surface area contributed by atoms with Crippen molar-refractivity contribution in [2.45, 2.75) is 43.7 Å². The highest BCUT2D eigenvalue weighted by molar-refractivity contribution is 7.89. The lowest BCUT2D eigenvalue weighted by Crippen LogP contribution is -2.20. The van der Waals surface area contributed by atoms with Crippen molar-refractivity contribution in [1.29, 1.82) is 0 Å². The van der Waals surface area contributed by atoms with Gasteiger partial charge in [-0.15, -0.1) is 0 Å². The van der Waals surface area contributed by atoms with E-state index in [0.717, 1.165) is 5.56 Å². The highest BCUT2D eigenvalue weighted by Gasteiger charge is 2.14. The number of hydrogen-bond donors (Lipinski definition) is 2. The number of nitrogens with one attached hydrogen (secondary N) is 2. The normalized spacial score (nSPS) is 15.2. The minimum atomic E-state index is -3.40. The van der Waals surface area contributed by atoms with Crippen LogP contribution in [0.2, 0.25) is 0 Å². The lowest BCUT2D eigenvalue weighted by Gasteiger charge is -2.16. The Morgan fingerprint density at radius 3 is 2.67 bits per heavy atom. The summed E-state index contributed by atoms with van der Waals surface area (Å²) in [5.41, 5.74) is 5.20. The Balaban J connectivity index is 1.68. The minimum absolute atomic E-state index is 0.223. The molecule has 5 heteroatoms. The van der Waals surface area contributed by atoms with Gasteiger partial charge in [0.25, 0.3) is 0 Å². The standard InChI is InChI=1S/C19H24N2O2S/c1-14(17-10-9-16-6-4-7-18(16)12-17)21-13-15-5-3-8-19(11-15)24(22,23)20-2/h3,5,8-12,14,20-21H,4,6-7,13H2,1-2H3/t14-/m0/s1. The Bertz CT molecular complexity index is 831. The Morgan fingerprint density at radius 1 is 1.08 bits per heavy atom. The molecule has 0 heterocycles. The van der Waals surface area contributed by atoms with Crippen molar-refractivity contribution in [3.8, 4) is 0 Å². The monoisotopic (exact) mass is 344 g/mol. The molecule has 0 amide bonds. The third kappa shape index (κ3) is 3.69. The van der Waals surface area contributed by atoms with Gasteiger partial charge in [-0.2, -0.15) is 0 Å². The predicted octanol–water partition coefficient (Wildman–Crippen LogP) is 2.93. The Hall–Kier alpha value is -1.69. The zero-order chi connectivity index (χ0) is 17.2. The van der Waals surface area contributed by atoms with E-state index in [1.807, 2.05) is 6.07 Å². The smallest absolute Gasteiger partial charge is 0.240 e. The molecule has 2 N–H and O–H groups in total. The molecule has 1 aliphatic carbocycles. The van der Waals surface area contributed by atoms with Gasteiger partial charge in [-0.25, -0.2) is 13.1 Å². The fourth-order valence-corrected chi connectivity index (χ4v) is 3.99. The quantitative estimate of drug-likeness (QED) is 0.847. The number of benzene rings is 2. The summed E-state index contributed by atoms with van der Waals surface area (Å²) < 4.78 is 26.1. The van der Waals surface area contributed by atoms with Gasteiger partial charge in [0.2, 0.25) is 10.0 Å². The zero-order valence-corrected chi connectivity index (χ0v) is 15.0. The van der Waals surface area contributed by atoms with Gasteiger partial charge in [0.05, 0.1) is 4.90 Å². The lowest BCUT2D eigenvalue weighted by atomic mass is 10.0. The minimum Gasteiger partial charge on any atom is -0.306 e. The predicted molar refractivity (Wildman–Crippen MR) is 96.4 cm³/mol. The van der Waals surface area contributed by atoms with Gasteiger partial charge in [-0.1, -0.05) is 30.3 Å². The van der Waals surface area contributed by atoms with Gasteiger partial charge in [-0.3, -0.25) is 0 Å². The molecular weight excluding hydrogens is 320 g/mol. The van der Waals surface area contributed by atoms with E-state index in [1.54, 1.807) is 18.2 Å². The van der Waals surface area contributed by atoms with Gasteiger partial charge in [0, 0.05) is 12.6 Å². The third-order valence-corrected chi connectivity index (χ3v) is 6.12. The summed E-state index contributed by atoms with van der Waals surface area (Å²) in [4.78, 5) is 0.300. The van der Waals surface area contributed by atoms with Crippen LogP contribution < -0.4 is 10.0 Å². The Kier molecular flexibility index (Phi) is 5.04. The molecule has 0 aliphatic heterocycles. The van der Waals surface area contributed by atoms with Crippen LogP contribution in [0, 0.1) is 0 Å². The van der Waals surface area contributed by atoms with Gasteiger partial charge >= 0.3 is 0 Å². The van der Waals surface area contributed by atoms with E-state index in [4.69, 9.17) is 0 Å². The van der Waals surface area contributed by atoms with E-state index in [2.05, 4.69) is 35.2 Å². The molecule has 0 spiro atoms. The maximum absolute atomic E-state index is 11.9. The molecule has 24 heavy (non-hydrogen) atoms. The van der Waals surface area contributed by atoms with Crippen molar-refractivity contribution >= 4 is 10.0 Å². The third-order valence-electron chi connectivity index (χ3n) is 4.71. The second-order valence-electron chi connectivity index (χ2n) is 6.34. The summed E-state index contributed by atoms with van der Waals surface area (Å²) in [5.74, 6) is 0. The first-order valence-corrected chi connectivity index (χ1v) is 9.85. The van der Waals surface area contributed by atoms with Crippen LogP contribution in [0.15, 0.2) is 47.4 Å². The highest BCUT2D eigenvalue weighted by Crippen LogP contribution is 2.25. The fraction of sp³-hybridized carbons (Fsp3) is 0.368. The summed E-state index contributed by atoms with van der Waals surface area (Å²) in [5, 5.41) is 3.49. The van der Waals surface area contributed by atoms with Crippen molar-refractivity contribution in [3.05, 3.63) is 64.7 Å². The average molecular weight is 344 g/mol. The molecule has 2 aromatic carbocycles. The average Bonchev–Trinajstić information content (AvgIpc) is 3.07. The van der Waals surface area contributed by atoms with Gasteiger partial charge in [0.15, 0.2) is 0 Å². The van der Waals surface area contributed by atoms with Crippen LogP contribution in [-0.2, 0) is 29.4 Å². The number of fused-ring (bicyclic) bond motifs is 1. The molecule has 0 fully saturated rings. The number of aryl methyl sites for hydroxylation is 2. The van der Waals surface area contributed by atoms with Gasteiger partial charge in [-0.05, 0) is 67.6 Å². The van der Waals surface area contributed by atoms with E-state index in [1.165, 1.54) is 43.0 Å². The number of rotatable bonds is 6. The summed E-state index contributed by atoms with van der Waals surface area (Å²) in [6.45, 7) is 2.77. The van der Waals surface area contributed by atoms with E-state index >= 15 is 0 Å². The molecule has 0 saturated carbocycles. The van der Waals surface area contributed by atoms with Gasteiger partial charge < -0.3 is 5.32 Å². The molecule has 1 aliphatic rings. The zero-order valence-electron chi connectivity index (χ0n) is 14.2. The second-order valence-corrected chi connectivity index (χ2v) is 8.23. The van der Waals surface area contributed by atoms with Crippen LogP contribution in [-0.4, -0.2) is 15.5 Å². The Labute approximate surface area is 144 Å². The van der Waals surface area contributed by atoms with Crippen LogP contribution in [0.25, 0.3) is 0 Å². The molecule has 1 atom stereocenters. The van der Waals surface area contributed by atoms with E-state index in [-0.39, 0.29) is 6.04 Å². The fourth-order valence-electron chi connectivity index (χ4n) is 3.19. The second kappa shape index (κ2) is 7.05. The van der Waals surface area contributed by atoms with Crippen LogP contribution in [0.4, 0.5) is 0 Å². The summed E-state index contributed by atoms with van der Waals surface area (Å²) >= 11 is 0. The maximum Gasteiger partial charge on any atom is 0.240 e. The molecule has 0 unspecified atom stereocenters. The van der Waals surface area contributed by atoms with E-state index < -0.39 is 10.0 Å². The lowest BCUT2D eigenvalue weighted by molar-refractivity contribution is 0.572. The van der Waals surface area contributed by atoms with Crippen molar-refractivity contribution in [1.82, 2.24) is 10.0 Å². The molecular formula is C19H24N2O2S. The summed E-state index contributed by atoms with van der Waals surface area (Å²) in [6.07, 6.45) is 3.64. The number of sulfonamides is 1. The van der Waals surface area contributed by atoms with Crippen LogP contribution >= 0.6 is 0 Å². The first kappa shape index (κ1) is 17.1. The van der Waals surface area contributed by atoms with E-state index in [0.29, 0.717) is 11.4 Å². The SMILES string of the molecule is CNS(=O)(=O)c1cccc(CN[C@@H](C)c2ccc3c(c2)CCC3)c1. The highest BCUT2D eigenvalue weighted by atomic mass is 32.2. The molecule has 0 aromatic heterocycles. The van der Waals surface area contributed by atoms with Crippen molar-refractivity contribution in [3.63, 3.8) is 0 Å². The molecule has 0 radical (unpaired) electrons. The number of hydrogen-bond acceptors (Lipinski definition) is 3. The Morgan fingerprint density at radius 2 is 1.88 bits per heavy atom. The van der Waals surface area contributed by atoms with Crippen molar-refractivity contribution in [2.75, 3.05) is 7.05 Å².